The van der Waals surface area contributed by atoms with E-state index in [9.17, 15) is 4.39 Å². The molecule has 4 rings (SSSR count). The fourth-order valence-electron chi connectivity index (χ4n) is 2.91. The average molecular weight is 308 g/mol. The molecule has 0 atom stereocenters. The first-order valence-electron chi connectivity index (χ1n) is 7.80. The van der Waals surface area contributed by atoms with Gasteiger partial charge in [0.15, 0.2) is 5.58 Å². The van der Waals surface area contributed by atoms with Gasteiger partial charge in [0, 0.05) is 25.2 Å². The molecule has 3 aromatic rings. The molecule has 4 heteroatoms. The van der Waals surface area contributed by atoms with E-state index in [0.29, 0.717) is 0 Å². The molecule has 0 saturated carbocycles. The third-order valence-electron chi connectivity index (χ3n) is 4.18. The molecule has 1 aliphatic heterocycles. The second-order valence-electron chi connectivity index (χ2n) is 5.83. The number of para-hydroxylation sites is 2. The predicted molar refractivity (Wildman–Crippen MR) is 88.3 cm³/mol. The Kier molecular flexibility index (Phi) is 3.67. The quantitative estimate of drug-likeness (QED) is 0.724. The molecular weight excluding hydrogens is 291 g/mol. The number of nitrogens with zero attached hydrogens (tertiary/aromatic N) is 2. The van der Waals surface area contributed by atoms with Crippen LogP contribution in [-0.2, 0) is 6.54 Å². The number of benzene rings is 2. The third kappa shape index (κ3) is 3.03. The van der Waals surface area contributed by atoms with Gasteiger partial charge in [0.1, 0.15) is 11.3 Å². The van der Waals surface area contributed by atoms with Crippen LogP contribution in [-0.4, -0.2) is 23.0 Å². The van der Waals surface area contributed by atoms with Crippen molar-refractivity contribution in [1.82, 2.24) is 9.88 Å². The van der Waals surface area contributed by atoms with E-state index in [2.05, 4.69) is 16.0 Å². The van der Waals surface area contributed by atoms with E-state index in [1.54, 1.807) is 0 Å². The van der Waals surface area contributed by atoms with Gasteiger partial charge in [0.05, 0.1) is 0 Å². The number of oxazole rings is 1. The molecular formula is C19H17FN2O. The van der Waals surface area contributed by atoms with Crippen LogP contribution < -0.4 is 0 Å². The number of hydrogen-bond donors (Lipinski definition) is 0. The summed E-state index contributed by atoms with van der Waals surface area (Å²) in [6, 6.07) is 14.5. The van der Waals surface area contributed by atoms with Crippen LogP contribution in [0, 0.1) is 5.82 Å². The van der Waals surface area contributed by atoms with Crippen LogP contribution in [0.2, 0.25) is 0 Å². The zero-order valence-electron chi connectivity index (χ0n) is 12.7. The zero-order chi connectivity index (χ0) is 15.6. The first kappa shape index (κ1) is 14.2. The van der Waals surface area contributed by atoms with Gasteiger partial charge >= 0.3 is 0 Å². The first-order chi connectivity index (χ1) is 11.3. The van der Waals surface area contributed by atoms with Gasteiger partial charge in [0.2, 0.25) is 5.89 Å². The SMILES string of the molecule is Fc1ccc(CN2CC=C(c3nc4ccccc4o3)CC2)cc1. The van der Waals surface area contributed by atoms with Crippen LogP contribution in [0.15, 0.2) is 59.0 Å². The Labute approximate surface area is 134 Å². The highest BCUT2D eigenvalue weighted by Crippen LogP contribution is 2.26. The highest BCUT2D eigenvalue weighted by atomic mass is 19.1. The number of rotatable bonds is 3. The van der Waals surface area contributed by atoms with Gasteiger partial charge in [-0.3, -0.25) is 4.90 Å². The zero-order valence-corrected chi connectivity index (χ0v) is 12.7. The lowest BCUT2D eigenvalue weighted by molar-refractivity contribution is 0.292. The van der Waals surface area contributed by atoms with Crippen LogP contribution in [0.25, 0.3) is 16.7 Å². The molecule has 2 heterocycles. The molecule has 1 aromatic heterocycles. The summed E-state index contributed by atoms with van der Waals surface area (Å²) in [5, 5.41) is 0. The summed E-state index contributed by atoms with van der Waals surface area (Å²) in [6.07, 6.45) is 3.09. The van der Waals surface area contributed by atoms with Crippen molar-refractivity contribution in [2.75, 3.05) is 13.1 Å². The van der Waals surface area contributed by atoms with Crippen molar-refractivity contribution < 1.29 is 8.81 Å². The van der Waals surface area contributed by atoms with E-state index in [1.165, 1.54) is 12.1 Å². The highest BCUT2D eigenvalue weighted by Gasteiger charge is 2.17. The molecule has 0 N–H and O–H groups in total. The van der Waals surface area contributed by atoms with Gasteiger partial charge < -0.3 is 4.42 Å². The maximum atomic E-state index is 13.0. The lowest BCUT2D eigenvalue weighted by Crippen LogP contribution is -2.28. The molecule has 0 unspecified atom stereocenters. The molecule has 0 spiro atoms. The minimum Gasteiger partial charge on any atom is -0.436 e. The lowest BCUT2D eigenvalue weighted by atomic mass is 10.1. The highest BCUT2D eigenvalue weighted by molar-refractivity contribution is 5.75. The van der Waals surface area contributed by atoms with Crippen LogP contribution in [0.4, 0.5) is 4.39 Å². The fourth-order valence-corrected chi connectivity index (χ4v) is 2.91. The maximum Gasteiger partial charge on any atom is 0.222 e. The molecule has 2 aromatic carbocycles. The van der Waals surface area contributed by atoms with E-state index in [1.807, 2.05) is 36.4 Å². The van der Waals surface area contributed by atoms with Crippen molar-refractivity contribution in [3.05, 3.63) is 71.9 Å². The number of hydrogen-bond acceptors (Lipinski definition) is 3. The average Bonchev–Trinajstić information content (AvgIpc) is 3.02. The summed E-state index contributed by atoms with van der Waals surface area (Å²) < 4.78 is 18.8. The Hall–Kier alpha value is -2.46. The summed E-state index contributed by atoms with van der Waals surface area (Å²) in [7, 11) is 0. The summed E-state index contributed by atoms with van der Waals surface area (Å²) in [5.41, 5.74) is 4.02. The number of aromatic nitrogens is 1. The molecule has 0 aliphatic carbocycles. The molecule has 0 saturated heterocycles. The Morgan fingerprint density at radius 1 is 1.09 bits per heavy atom. The van der Waals surface area contributed by atoms with Gasteiger partial charge in [-0.25, -0.2) is 9.37 Å². The van der Waals surface area contributed by atoms with Crippen LogP contribution in [0.5, 0.6) is 0 Å². The summed E-state index contributed by atoms with van der Waals surface area (Å²) in [4.78, 5) is 6.89. The second kappa shape index (κ2) is 5.97. The van der Waals surface area contributed by atoms with Gasteiger partial charge in [-0.15, -0.1) is 0 Å². The Balaban J connectivity index is 1.47. The Morgan fingerprint density at radius 2 is 1.91 bits per heavy atom. The monoisotopic (exact) mass is 308 g/mol. The summed E-state index contributed by atoms with van der Waals surface area (Å²) in [6.45, 7) is 2.63. The molecule has 23 heavy (non-hydrogen) atoms. The predicted octanol–water partition coefficient (Wildman–Crippen LogP) is 4.26. The molecule has 1 aliphatic rings. The van der Waals surface area contributed by atoms with Gasteiger partial charge in [-0.2, -0.15) is 0 Å². The first-order valence-corrected chi connectivity index (χ1v) is 7.80. The standard InChI is InChI=1S/C19H17FN2O/c20-16-7-5-14(6-8-16)13-22-11-9-15(10-12-22)19-21-17-3-1-2-4-18(17)23-19/h1-9H,10-13H2. The van der Waals surface area contributed by atoms with Gasteiger partial charge in [-0.1, -0.05) is 30.3 Å². The molecule has 0 amide bonds. The van der Waals surface area contributed by atoms with E-state index in [-0.39, 0.29) is 5.82 Å². The second-order valence-corrected chi connectivity index (χ2v) is 5.83. The third-order valence-corrected chi connectivity index (χ3v) is 4.18. The topological polar surface area (TPSA) is 29.3 Å². The molecule has 0 bridgehead atoms. The molecule has 116 valence electrons. The van der Waals surface area contributed by atoms with E-state index in [4.69, 9.17) is 4.42 Å². The molecule has 0 fully saturated rings. The smallest absolute Gasteiger partial charge is 0.222 e. The normalized spacial score (nSPS) is 15.8. The minimum atomic E-state index is -0.189. The van der Waals surface area contributed by atoms with Crippen molar-refractivity contribution in [2.45, 2.75) is 13.0 Å². The van der Waals surface area contributed by atoms with Crippen molar-refractivity contribution >= 4 is 16.7 Å². The van der Waals surface area contributed by atoms with E-state index < -0.39 is 0 Å². The lowest BCUT2D eigenvalue weighted by Gasteiger charge is -2.25. The number of halogens is 1. The molecule has 0 radical (unpaired) electrons. The molecule has 3 nitrogen and oxygen atoms in total. The van der Waals surface area contributed by atoms with Crippen LogP contribution >= 0.6 is 0 Å². The largest absolute Gasteiger partial charge is 0.436 e. The van der Waals surface area contributed by atoms with Gasteiger partial charge in [-0.05, 0) is 36.2 Å². The van der Waals surface area contributed by atoms with Crippen LogP contribution in [0.3, 0.4) is 0 Å². The number of fused-ring (bicyclic) bond motifs is 1. The fraction of sp³-hybridized carbons (Fsp3) is 0.211. The van der Waals surface area contributed by atoms with E-state index in [0.717, 1.165) is 54.2 Å². The Bertz CT molecular complexity index is 818. The minimum absolute atomic E-state index is 0.189. The van der Waals surface area contributed by atoms with Crippen LogP contribution in [0.1, 0.15) is 17.9 Å². The maximum absolute atomic E-state index is 13.0. The van der Waals surface area contributed by atoms with Crippen molar-refractivity contribution in [2.24, 2.45) is 0 Å². The van der Waals surface area contributed by atoms with Crippen molar-refractivity contribution in [3.8, 4) is 0 Å². The van der Waals surface area contributed by atoms with Crippen molar-refractivity contribution in [3.63, 3.8) is 0 Å². The van der Waals surface area contributed by atoms with Gasteiger partial charge in [0.25, 0.3) is 0 Å². The summed E-state index contributed by atoms with van der Waals surface area (Å²) >= 11 is 0. The van der Waals surface area contributed by atoms with Crippen molar-refractivity contribution in [1.29, 1.82) is 0 Å². The Morgan fingerprint density at radius 3 is 2.65 bits per heavy atom. The summed E-state index contributed by atoms with van der Waals surface area (Å²) in [5.74, 6) is 0.540. The van der Waals surface area contributed by atoms with E-state index >= 15 is 0 Å².